The van der Waals surface area contributed by atoms with E-state index in [1.165, 1.54) is 23.0 Å². The highest BCUT2D eigenvalue weighted by atomic mass is 35.5. The summed E-state index contributed by atoms with van der Waals surface area (Å²) in [5.74, 6) is -0.301. The van der Waals surface area contributed by atoms with Gasteiger partial charge in [0.25, 0.3) is 5.91 Å². The van der Waals surface area contributed by atoms with Crippen molar-refractivity contribution in [2.45, 2.75) is 6.92 Å². The van der Waals surface area contributed by atoms with Gasteiger partial charge < -0.3 is 4.57 Å². The minimum absolute atomic E-state index is 0.301. The third-order valence-electron chi connectivity index (χ3n) is 3.54. The number of hydrogen-bond donors (Lipinski definition) is 0. The summed E-state index contributed by atoms with van der Waals surface area (Å²) in [5, 5.41) is 0.611. The van der Waals surface area contributed by atoms with Gasteiger partial charge in [0.05, 0.1) is 10.2 Å². The Labute approximate surface area is 143 Å². The van der Waals surface area contributed by atoms with Crippen molar-refractivity contribution < 1.29 is 4.79 Å². The monoisotopic (exact) mass is 342 g/mol. The molecule has 0 spiro atoms. The Balaban J connectivity index is 1.96. The summed E-state index contributed by atoms with van der Waals surface area (Å²) in [6.07, 6.45) is 3.13. The molecule has 0 aliphatic rings. The van der Waals surface area contributed by atoms with Gasteiger partial charge in [-0.05, 0) is 36.3 Å². The first-order chi connectivity index (χ1) is 11.1. The van der Waals surface area contributed by atoms with E-state index in [-0.39, 0.29) is 5.91 Å². The van der Waals surface area contributed by atoms with Crippen LogP contribution in [0.4, 0.5) is 0 Å². The number of hydrogen-bond acceptors (Lipinski definition) is 2. The first kappa shape index (κ1) is 15.7. The fourth-order valence-electron chi connectivity index (χ4n) is 2.41. The highest BCUT2D eigenvalue weighted by Crippen LogP contribution is 2.20. The number of rotatable bonds is 2. The van der Waals surface area contributed by atoms with Crippen molar-refractivity contribution in [1.29, 1.82) is 0 Å². The fraction of sp³-hybridized carbons (Fsp3) is 0.111. The number of nitrogens with zero attached hydrogens (tertiary/aromatic N) is 2. The van der Waals surface area contributed by atoms with Crippen LogP contribution < -0.4 is 4.80 Å². The van der Waals surface area contributed by atoms with Gasteiger partial charge in [0.15, 0.2) is 4.80 Å². The molecule has 1 aromatic heterocycles. The second kappa shape index (κ2) is 6.52. The van der Waals surface area contributed by atoms with E-state index < -0.39 is 0 Å². The van der Waals surface area contributed by atoms with Crippen molar-refractivity contribution >= 4 is 45.1 Å². The molecule has 0 saturated carbocycles. The van der Waals surface area contributed by atoms with Crippen LogP contribution in [0.15, 0.2) is 53.5 Å². The first-order valence-corrected chi connectivity index (χ1v) is 8.32. The van der Waals surface area contributed by atoms with Crippen LogP contribution in [0.2, 0.25) is 5.02 Å². The van der Waals surface area contributed by atoms with Gasteiger partial charge in [-0.25, -0.2) is 0 Å². The zero-order valence-electron chi connectivity index (χ0n) is 12.8. The summed E-state index contributed by atoms with van der Waals surface area (Å²) in [7, 11) is 1.93. The molecule has 0 atom stereocenters. The van der Waals surface area contributed by atoms with Crippen LogP contribution in [0.3, 0.4) is 0 Å². The zero-order valence-corrected chi connectivity index (χ0v) is 14.4. The third kappa shape index (κ3) is 3.28. The standard InChI is InChI=1S/C18H15ClN2OS/c1-12-6-5-9-15-17(12)21(2)18(23-15)20-16(22)11-10-13-7-3-4-8-14(13)19/h3-11H,1-2H3. The minimum Gasteiger partial charge on any atom is -0.319 e. The first-order valence-electron chi connectivity index (χ1n) is 7.13. The maximum absolute atomic E-state index is 12.1. The highest BCUT2D eigenvalue weighted by molar-refractivity contribution is 7.16. The smallest absolute Gasteiger partial charge is 0.272 e. The number of aromatic nitrogens is 1. The molecule has 23 heavy (non-hydrogen) atoms. The molecule has 3 aromatic rings. The van der Waals surface area contributed by atoms with Crippen LogP contribution in [0.1, 0.15) is 11.1 Å². The molecule has 3 nitrogen and oxygen atoms in total. The SMILES string of the molecule is Cc1cccc2sc(=NC(=O)C=Cc3ccccc3Cl)n(C)c12. The molecule has 1 amide bonds. The van der Waals surface area contributed by atoms with Crippen LogP contribution in [0, 0.1) is 6.92 Å². The highest BCUT2D eigenvalue weighted by Gasteiger charge is 2.05. The lowest BCUT2D eigenvalue weighted by Gasteiger charge is -1.98. The van der Waals surface area contributed by atoms with Crippen molar-refractivity contribution in [3.63, 3.8) is 0 Å². The molecule has 0 unspecified atom stereocenters. The molecule has 0 aliphatic carbocycles. The van der Waals surface area contributed by atoms with E-state index in [0.717, 1.165) is 15.8 Å². The van der Waals surface area contributed by atoms with E-state index in [2.05, 4.69) is 18.0 Å². The number of fused-ring (bicyclic) bond motifs is 1. The molecule has 0 radical (unpaired) electrons. The topological polar surface area (TPSA) is 34.4 Å². The van der Waals surface area contributed by atoms with Crippen LogP contribution in [0.5, 0.6) is 0 Å². The fourth-order valence-corrected chi connectivity index (χ4v) is 3.71. The van der Waals surface area contributed by atoms with E-state index in [1.807, 2.05) is 41.9 Å². The number of para-hydroxylation sites is 1. The summed E-state index contributed by atoms with van der Waals surface area (Å²) in [6.45, 7) is 2.05. The van der Waals surface area contributed by atoms with Crippen LogP contribution in [-0.2, 0) is 11.8 Å². The van der Waals surface area contributed by atoms with Gasteiger partial charge in [-0.15, -0.1) is 0 Å². The Hall–Kier alpha value is -2.17. The van der Waals surface area contributed by atoms with E-state index in [9.17, 15) is 4.79 Å². The molecular formula is C18H15ClN2OS. The Morgan fingerprint density at radius 2 is 2.00 bits per heavy atom. The van der Waals surface area contributed by atoms with Crippen molar-refractivity contribution in [1.82, 2.24) is 4.57 Å². The molecule has 0 N–H and O–H groups in total. The summed E-state index contributed by atoms with van der Waals surface area (Å²) in [6, 6.07) is 13.5. The van der Waals surface area contributed by atoms with Gasteiger partial charge in [0.2, 0.25) is 0 Å². The van der Waals surface area contributed by atoms with Crippen molar-refractivity contribution in [2.24, 2.45) is 12.0 Å². The van der Waals surface area contributed by atoms with Gasteiger partial charge in [0.1, 0.15) is 0 Å². The van der Waals surface area contributed by atoms with Crippen molar-refractivity contribution in [2.75, 3.05) is 0 Å². The summed E-state index contributed by atoms with van der Waals surface area (Å²) < 4.78 is 3.07. The number of benzene rings is 2. The van der Waals surface area contributed by atoms with Crippen LogP contribution in [0.25, 0.3) is 16.3 Å². The number of carbonyl (C=O) groups is 1. The summed E-state index contributed by atoms with van der Waals surface area (Å²) >= 11 is 7.58. The predicted octanol–water partition coefficient (Wildman–Crippen LogP) is 4.34. The van der Waals surface area contributed by atoms with E-state index in [1.54, 1.807) is 12.1 Å². The molecule has 5 heteroatoms. The van der Waals surface area contributed by atoms with E-state index in [0.29, 0.717) is 9.82 Å². The lowest BCUT2D eigenvalue weighted by atomic mass is 10.2. The molecule has 3 rings (SSSR count). The maximum atomic E-state index is 12.1. The van der Waals surface area contributed by atoms with Crippen molar-refractivity contribution in [3.8, 4) is 0 Å². The number of amides is 1. The molecule has 0 saturated heterocycles. The van der Waals surface area contributed by atoms with Gasteiger partial charge in [-0.3, -0.25) is 4.79 Å². The summed E-state index contributed by atoms with van der Waals surface area (Å²) in [4.78, 5) is 17.0. The minimum atomic E-state index is -0.301. The molecule has 0 aliphatic heterocycles. The Morgan fingerprint density at radius 1 is 1.22 bits per heavy atom. The maximum Gasteiger partial charge on any atom is 0.272 e. The number of carbonyl (C=O) groups excluding carboxylic acids is 1. The van der Waals surface area contributed by atoms with Gasteiger partial charge in [-0.2, -0.15) is 4.99 Å². The van der Waals surface area contributed by atoms with E-state index >= 15 is 0 Å². The second-order valence-corrected chi connectivity index (χ2v) is 6.59. The quantitative estimate of drug-likeness (QED) is 0.638. The predicted molar refractivity (Wildman–Crippen MR) is 96.6 cm³/mol. The average molecular weight is 343 g/mol. The molecule has 0 bridgehead atoms. The lowest BCUT2D eigenvalue weighted by Crippen LogP contribution is -2.12. The molecule has 116 valence electrons. The number of thiazole rings is 1. The Bertz CT molecular complexity index is 982. The Kier molecular flexibility index (Phi) is 4.46. The third-order valence-corrected chi connectivity index (χ3v) is 4.98. The average Bonchev–Trinajstić information content (AvgIpc) is 2.84. The van der Waals surface area contributed by atoms with E-state index in [4.69, 9.17) is 11.6 Å². The van der Waals surface area contributed by atoms with Crippen molar-refractivity contribution in [3.05, 3.63) is 69.5 Å². The van der Waals surface area contributed by atoms with Gasteiger partial charge in [0, 0.05) is 18.1 Å². The summed E-state index contributed by atoms with van der Waals surface area (Å²) in [5.41, 5.74) is 3.08. The molecule has 1 heterocycles. The number of aryl methyl sites for hydroxylation is 2. The molecular weight excluding hydrogens is 328 g/mol. The van der Waals surface area contributed by atoms with Crippen LogP contribution in [-0.4, -0.2) is 10.5 Å². The second-order valence-electron chi connectivity index (χ2n) is 5.17. The molecule has 0 fully saturated rings. The Morgan fingerprint density at radius 3 is 2.74 bits per heavy atom. The van der Waals surface area contributed by atoms with Crippen LogP contribution >= 0.6 is 22.9 Å². The van der Waals surface area contributed by atoms with Gasteiger partial charge >= 0.3 is 0 Å². The largest absolute Gasteiger partial charge is 0.319 e. The molecule has 2 aromatic carbocycles. The number of halogens is 1. The zero-order chi connectivity index (χ0) is 16.4. The lowest BCUT2D eigenvalue weighted by molar-refractivity contribution is -0.113. The normalized spacial score (nSPS) is 12.4. The van der Waals surface area contributed by atoms with Gasteiger partial charge in [-0.1, -0.05) is 53.3 Å².